The average Bonchev–Trinajstić information content (AvgIpc) is 2.83. The minimum atomic E-state index is -0.579. The molecule has 1 N–H and O–H groups in total. The number of thiazole rings is 1. The lowest BCUT2D eigenvalue weighted by molar-refractivity contribution is 0.178. The Morgan fingerprint density at radius 1 is 1.32 bits per heavy atom. The molecule has 0 saturated carbocycles. The summed E-state index contributed by atoms with van der Waals surface area (Å²) in [5, 5.41) is 16.4. The number of aromatic nitrogens is 3. The van der Waals surface area contributed by atoms with Gasteiger partial charge in [0.05, 0.1) is 38.1 Å². The highest BCUT2D eigenvalue weighted by Crippen LogP contribution is 2.30. The summed E-state index contributed by atoms with van der Waals surface area (Å²) in [7, 11) is 0. The van der Waals surface area contributed by atoms with Crippen molar-refractivity contribution in [2.24, 2.45) is 0 Å². The van der Waals surface area contributed by atoms with Gasteiger partial charge in [-0.2, -0.15) is 5.10 Å². The van der Waals surface area contributed by atoms with Crippen LogP contribution >= 0.6 is 22.9 Å². The van der Waals surface area contributed by atoms with E-state index in [2.05, 4.69) is 10.1 Å². The number of hydrogen-bond donors (Lipinski definition) is 1. The molecule has 2 aromatic heterocycles. The van der Waals surface area contributed by atoms with Gasteiger partial charge in [0.25, 0.3) is 0 Å². The van der Waals surface area contributed by atoms with Crippen LogP contribution < -0.4 is 0 Å². The van der Waals surface area contributed by atoms with E-state index >= 15 is 0 Å². The minimum Gasteiger partial charge on any atom is -0.387 e. The van der Waals surface area contributed by atoms with Crippen molar-refractivity contribution in [3.63, 3.8) is 0 Å². The fourth-order valence-electron chi connectivity index (χ4n) is 2.20. The molecule has 19 heavy (non-hydrogen) atoms. The fourth-order valence-corrected chi connectivity index (χ4v) is 3.32. The molecule has 0 radical (unpaired) electrons. The van der Waals surface area contributed by atoms with E-state index in [9.17, 15) is 5.11 Å². The zero-order valence-electron chi connectivity index (χ0n) is 11.6. The van der Waals surface area contributed by atoms with Gasteiger partial charge in [-0.05, 0) is 27.7 Å². The van der Waals surface area contributed by atoms with Crippen molar-refractivity contribution in [2.75, 3.05) is 0 Å². The first-order valence-corrected chi connectivity index (χ1v) is 7.47. The summed E-state index contributed by atoms with van der Waals surface area (Å²) in [6.07, 6.45) is -0.110. The Hall–Kier alpha value is -0.910. The second-order valence-electron chi connectivity index (χ2n) is 4.56. The van der Waals surface area contributed by atoms with Crippen LogP contribution in [-0.4, -0.2) is 19.9 Å². The number of hydrogen-bond acceptors (Lipinski definition) is 4. The molecule has 4 nitrogen and oxygen atoms in total. The Balaban J connectivity index is 2.28. The first-order valence-electron chi connectivity index (χ1n) is 6.27. The second-order valence-corrected chi connectivity index (χ2v) is 6.18. The van der Waals surface area contributed by atoms with Crippen molar-refractivity contribution in [3.8, 4) is 0 Å². The monoisotopic (exact) mass is 299 g/mol. The van der Waals surface area contributed by atoms with Crippen molar-refractivity contribution < 1.29 is 5.11 Å². The van der Waals surface area contributed by atoms with Crippen LogP contribution in [0, 0.1) is 20.8 Å². The second kappa shape index (κ2) is 5.61. The normalized spacial score (nSPS) is 12.9. The summed E-state index contributed by atoms with van der Waals surface area (Å²) in [5.41, 5.74) is 2.59. The Bertz CT molecular complexity index is 591. The van der Waals surface area contributed by atoms with Crippen LogP contribution in [-0.2, 0) is 13.0 Å². The summed E-state index contributed by atoms with van der Waals surface area (Å²) in [6, 6.07) is 0. The fraction of sp³-hybridized carbons (Fsp3) is 0.538. The third-order valence-corrected chi connectivity index (χ3v) is 4.75. The van der Waals surface area contributed by atoms with Crippen LogP contribution in [0.5, 0.6) is 0 Å². The summed E-state index contributed by atoms with van der Waals surface area (Å²) in [5.74, 6) is 0. The molecule has 2 aromatic rings. The molecule has 0 aliphatic rings. The number of halogens is 1. The lowest BCUT2D eigenvalue weighted by Gasteiger charge is -2.11. The minimum absolute atomic E-state index is 0.468. The molecule has 0 aromatic carbocycles. The van der Waals surface area contributed by atoms with Gasteiger partial charge in [0.2, 0.25) is 0 Å². The molecular weight excluding hydrogens is 282 g/mol. The van der Waals surface area contributed by atoms with Gasteiger partial charge < -0.3 is 5.11 Å². The largest absolute Gasteiger partial charge is 0.387 e. The Labute approximate surface area is 122 Å². The summed E-state index contributed by atoms with van der Waals surface area (Å²) >= 11 is 7.80. The average molecular weight is 300 g/mol. The number of aryl methyl sites for hydroxylation is 4. The molecule has 1 unspecified atom stereocenters. The van der Waals surface area contributed by atoms with E-state index in [0.29, 0.717) is 11.4 Å². The van der Waals surface area contributed by atoms with Gasteiger partial charge in [0, 0.05) is 13.0 Å². The molecule has 6 heteroatoms. The highest BCUT2D eigenvalue weighted by atomic mass is 35.5. The zero-order chi connectivity index (χ0) is 14.2. The van der Waals surface area contributed by atoms with Crippen LogP contribution in [0.2, 0.25) is 5.02 Å². The molecular formula is C13H18ClN3OS. The zero-order valence-corrected chi connectivity index (χ0v) is 13.1. The lowest BCUT2D eigenvalue weighted by Crippen LogP contribution is -2.08. The van der Waals surface area contributed by atoms with Crippen molar-refractivity contribution in [1.29, 1.82) is 0 Å². The van der Waals surface area contributed by atoms with Crippen LogP contribution in [0.4, 0.5) is 0 Å². The maximum Gasteiger partial charge on any atom is 0.0956 e. The van der Waals surface area contributed by atoms with Crippen LogP contribution in [0.25, 0.3) is 0 Å². The molecule has 2 heterocycles. The smallest absolute Gasteiger partial charge is 0.0956 e. The van der Waals surface area contributed by atoms with E-state index in [1.807, 2.05) is 32.4 Å². The molecule has 104 valence electrons. The first-order chi connectivity index (χ1) is 8.93. The lowest BCUT2D eigenvalue weighted by atomic mass is 10.1. The standard InChI is InChI=1S/C13H18ClN3OS/c1-5-17-10(12(14)7(2)16-17)6-11(18)13-8(3)15-9(4)19-13/h11,18H,5-6H2,1-4H3. The highest BCUT2D eigenvalue weighted by molar-refractivity contribution is 7.11. The van der Waals surface area contributed by atoms with E-state index in [1.165, 1.54) is 11.3 Å². The Morgan fingerprint density at radius 2 is 2.00 bits per heavy atom. The predicted octanol–water partition coefficient (Wildman–Crippen LogP) is 3.21. The van der Waals surface area contributed by atoms with E-state index in [-0.39, 0.29) is 0 Å². The van der Waals surface area contributed by atoms with Gasteiger partial charge in [-0.25, -0.2) is 4.98 Å². The van der Waals surface area contributed by atoms with Crippen LogP contribution in [0.1, 0.15) is 40.0 Å². The summed E-state index contributed by atoms with van der Waals surface area (Å²) in [4.78, 5) is 5.26. The third kappa shape index (κ3) is 2.83. The van der Waals surface area contributed by atoms with Gasteiger partial charge in [-0.3, -0.25) is 4.68 Å². The van der Waals surface area contributed by atoms with Gasteiger partial charge in [0.1, 0.15) is 0 Å². The molecule has 0 aliphatic heterocycles. The molecule has 0 fully saturated rings. The molecule has 1 atom stereocenters. The topological polar surface area (TPSA) is 50.9 Å². The maximum absolute atomic E-state index is 10.4. The van der Waals surface area contributed by atoms with Crippen molar-refractivity contribution in [2.45, 2.75) is 46.8 Å². The third-order valence-electron chi connectivity index (χ3n) is 3.08. The molecule has 0 saturated heterocycles. The number of aliphatic hydroxyl groups is 1. The highest BCUT2D eigenvalue weighted by Gasteiger charge is 2.20. The Kier molecular flexibility index (Phi) is 4.28. The summed E-state index contributed by atoms with van der Waals surface area (Å²) in [6.45, 7) is 8.51. The van der Waals surface area contributed by atoms with Crippen molar-refractivity contribution >= 4 is 22.9 Å². The molecule has 0 bridgehead atoms. The SMILES string of the molecule is CCn1nc(C)c(Cl)c1CC(O)c1sc(C)nc1C. The quantitative estimate of drug-likeness (QED) is 0.943. The predicted molar refractivity (Wildman–Crippen MR) is 77.9 cm³/mol. The number of nitrogens with zero attached hydrogens (tertiary/aromatic N) is 3. The van der Waals surface area contributed by atoms with Crippen LogP contribution in [0.3, 0.4) is 0 Å². The van der Waals surface area contributed by atoms with Gasteiger partial charge in [-0.15, -0.1) is 11.3 Å². The van der Waals surface area contributed by atoms with Gasteiger partial charge in [-0.1, -0.05) is 11.6 Å². The van der Waals surface area contributed by atoms with Crippen molar-refractivity contribution in [1.82, 2.24) is 14.8 Å². The van der Waals surface area contributed by atoms with Gasteiger partial charge >= 0.3 is 0 Å². The van der Waals surface area contributed by atoms with Crippen molar-refractivity contribution in [3.05, 3.63) is 32.0 Å². The molecule has 0 aliphatic carbocycles. The van der Waals surface area contributed by atoms with E-state index in [0.717, 1.165) is 33.5 Å². The first kappa shape index (κ1) is 14.5. The van der Waals surface area contributed by atoms with E-state index < -0.39 is 6.10 Å². The maximum atomic E-state index is 10.4. The molecule has 0 amide bonds. The molecule has 0 spiro atoms. The van der Waals surface area contributed by atoms with Crippen LogP contribution in [0.15, 0.2) is 0 Å². The van der Waals surface area contributed by atoms with E-state index in [1.54, 1.807) is 0 Å². The van der Waals surface area contributed by atoms with Gasteiger partial charge in [0.15, 0.2) is 0 Å². The number of aliphatic hydroxyl groups excluding tert-OH is 1. The summed E-state index contributed by atoms with van der Waals surface area (Å²) < 4.78 is 1.85. The van der Waals surface area contributed by atoms with E-state index in [4.69, 9.17) is 11.6 Å². The number of rotatable bonds is 4. The Morgan fingerprint density at radius 3 is 2.53 bits per heavy atom. The molecule has 2 rings (SSSR count).